The summed E-state index contributed by atoms with van der Waals surface area (Å²) in [6.45, 7) is 6.25. The molecular formula is C7H15N5. The SMILES string of the molecule is CC(C)(C)C(NN)c1ncn[nH]1. The smallest absolute Gasteiger partial charge is 0.143 e. The molecule has 0 aliphatic rings. The molecule has 0 saturated carbocycles. The molecule has 0 aliphatic carbocycles. The van der Waals surface area contributed by atoms with Crippen molar-refractivity contribution in [1.29, 1.82) is 0 Å². The van der Waals surface area contributed by atoms with Crippen LogP contribution >= 0.6 is 0 Å². The van der Waals surface area contributed by atoms with E-state index in [0.717, 1.165) is 5.82 Å². The normalized spacial score (nSPS) is 14.7. The van der Waals surface area contributed by atoms with Gasteiger partial charge in [0, 0.05) is 0 Å². The summed E-state index contributed by atoms with van der Waals surface area (Å²) in [6, 6.07) is -0.000000000000000222. The first kappa shape index (κ1) is 9.15. The maximum absolute atomic E-state index is 5.41. The number of hydrazine groups is 1. The lowest BCUT2D eigenvalue weighted by Gasteiger charge is -2.27. The fraction of sp³-hybridized carbons (Fsp3) is 0.714. The van der Waals surface area contributed by atoms with Crippen LogP contribution in [0.1, 0.15) is 32.6 Å². The summed E-state index contributed by atoms with van der Waals surface area (Å²) >= 11 is 0. The molecule has 0 aliphatic heterocycles. The van der Waals surface area contributed by atoms with E-state index in [1.165, 1.54) is 6.33 Å². The van der Waals surface area contributed by atoms with Crippen molar-refractivity contribution >= 4 is 0 Å². The van der Waals surface area contributed by atoms with Gasteiger partial charge in [-0.3, -0.25) is 10.9 Å². The fourth-order valence-corrected chi connectivity index (χ4v) is 1.09. The van der Waals surface area contributed by atoms with Crippen LogP contribution in [-0.4, -0.2) is 15.2 Å². The van der Waals surface area contributed by atoms with Gasteiger partial charge in [0.25, 0.3) is 0 Å². The van der Waals surface area contributed by atoms with E-state index >= 15 is 0 Å². The molecule has 1 aromatic rings. The lowest BCUT2D eigenvalue weighted by Crippen LogP contribution is -2.37. The van der Waals surface area contributed by atoms with Crippen LogP contribution in [-0.2, 0) is 0 Å². The molecule has 1 unspecified atom stereocenters. The van der Waals surface area contributed by atoms with Gasteiger partial charge in [-0.25, -0.2) is 10.4 Å². The van der Waals surface area contributed by atoms with E-state index in [4.69, 9.17) is 5.84 Å². The lowest BCUT2D eigenvalue weighted by molar-refractivity contribution is 0.265. The third-order valence-corrected chi connectivity index (χ3v) is 1.74. The number of nitrogens with two attached hydrogens (primary N) is 1. The standard InChI is InChI=1S/C7H15N5/c1-7(2,3)5(11-8)6-9-4-10-12-6/h4-5,11H,8H2,1-3H3,(H,9,10,12). The predicted molar refractivity (Wildman–Crippen MR) is 45.9 cm³/mol. The lowest BCUT2D eigenvalue weighted by atomic mass is 9.87. The summed E-state index contributed by atoms with van der Waals surface area (Å²) in [5.41, 5.74) is 2.73. The van der Waals surface area contributed by atoms with Gasteiger partial charge in [-0.05, 0) is 5.41 Å². The van der Waals surface area contributed by atoms with Gasteiger partial charge in [0.2, 0.25) is 0 Å². The Bertz CT molecular complexity index is 222. The van der Waals surface area contributed by atoms with Crippen molar-refractivity contribution in [3.05, 3.63) is 12.2 Å². The minimum absolute atomic E-state index is 0.000000000000000222. The highest BCUT2D eigenvalue weighted by Gasteiger charge is 2.27. The first-order valence-corrected chi connectivity index (χ1v) is 3.87. The van der Waals surface area contributed by atoms with Gasteiger partial charge < -0.3 is 0 Å². The largest absolute Gasteiger partial charge is 0.271 e. The summed E-state index contributed by atoms with van der Waals surface area (Å²) in [5.74, 6) is 6.18. The summed E-state index contributed by atoms with van der Waals surface area (Å²) in [7, 11) is 0. The summed E-state index contributed by atoms with van der Waals surface area (Å²) < 4.78 is 0. The zero-order chi connectivity index (χ0) is 9.19. The second-order valence-corrected chi connectivity index (χ2v) is 3.84. The third kappa shape index (κ3) is 1.80. The van der Waals surface area contributed by atoms with Crippen molar-refractivity contribution < 1.29 is 0 Å². The van der Waals surface area contributed by atoms with Crippen LogP contribution in [0, 0.1) is 5.41 Å². The van der Waals surface area contributed by atoms with Crippen LogP contribution in [0.4, 0.5) is 0 Å². The Balaban J connectivity index is 2.84. The molecule has 1 heterocycles. The molecular weight excluding hydrogens is 154 g/mol. The molecule has 4 N–H and O–H groups in total. The second-order valence-electron chi connectivity index (χ2n) is 3.84. The molecule has 1 aromatic heterocycles. The van der Waals surface area contributed by atoms with Crippen LogP contribution < -0.4 is 11.3 Å². The molecule has 0 bridgehead atoms. The van der Waals surface area contributed by atoms with Gasteiger partial charge in [-0.1, -0.05) is 20.8 Å². The average Bonchev–Trinajstić information content (AvgIpc) is 2.38. The van der Waals surface area contributed by atoms with Gasteiger partial charge in [0.15, 0.2) is 0 Å². The Labute approximate surface area is 71.7 Å². The average molecular weight is 169 g/mol. The van der Waals surface area contributed by atoms with E-state index in [1.807, 2.05) is 0 Å². The molecule has 12 heavy (non-hydrogen) atoms. The Hall–Kier alpha value is -0.940. The van der Waals surface area contributed by atoms with Crippen molar-refractivity contribution in [3.63, 3.8) is 0 Å². The van der Waals surface area contributed by atoms with E-state index in [-0.39, 0.29) is 11.5 Å². The molecule has 1 rings (SSSR count). The maximum Gasteiger partial charge on any atom is 0.143 e. The van der Waals surface area contributed by atoms with E-state index < -0.39 is 0 Å². The minimum atomic E-state index is -0.000000000000000222. The summed E-state index contributed by atoms with van der Waals surface area (Å²) in [4.78, 5) is 4.04. The minimum Gasteiger partial charge on any atom is -0.271 e. The number of rotatable bonds is 2. The number of hydrogen-bond acceptors (Lipinski definition) is 4. The van der Waals surface area contributed by atoms with Gasteiger partial charge in [0.1, 0.15) is 12.2 Å². The predicted octanol–water partition coefficient (Wildman–Crippen LogP) is 0.355. The summed E-state index contributed by atoms with van der Waals surface area (Å²) in [5, 5.41) is 6.56. The zero-order valence-electron chi connectivity index (χ0n) is 7.63. The molecule has 0 fully saturated rings. The third-order valence-electron chi connectivity index (χ3n) is 1.74. The van der Waals surface area contributed by atoms with Crippen molar-refractivity contribution in [3.8, 4) is 0 Å². The Morgan fingerprint density at radius 3 is 2.58 bits per heavy atom. The molecule has 5 heteroatoms. The van der Waals surface area contributed by atoms with Crippen LogP contribution in [0.25, 0.3) is 0 Å². The number of aromatic amines is 1. The Kier molecular flexibility index (Phi) is 2.44. The number of H-pyrrole nitrogens is 1. The quantitative estimate of drug-likeness (QED) is 0.441. The van der Waals surface area contributed by atoms with Gasteiger partial charge in [-0.2, -0.15) is 5.10 Å². The highest BCUT2D eigenvalue weighted by Crippen LogP contribution is 2.29. The summed E-state index contributed by atoms with van der Waals surface area (Å²) in [6.07, 6.45) is 1.48. The van der Waals surface area contributed by atoms with Crippen molar-refractivity contribution in [2.24, 2.45) is 11.3 Å². The van der Waals surface area contributed by atoms with Gasteiger partial charge in [-0.15, -0.1) is 0 Å². The fourth-order valence-electron chi connectivity index (χ4n) is 1.09. The molecule has 0 saturated heterocycles. The highest BCUT2D eigenvalue weighted by molar-refractivity contribution is 4.96. The van der Waals surface area contributed by atoms with Crippen molar-refractivity contribution in [2.45, 2.75) is 26.8 Å². The molecule has 1 atom stereocenters. The van der Waals surface area contributed by atoms with E-state index in [2.05, 4.69) is 41.4 Å². The number of hydrogen-bond donors (Lipinski definition) is 3. The zero-order valence-corrected chi connectivity index (χ0v) is 7.63. The number of aromatic nitrogens is 3. The van der Waals surface area contributed by atoms with Crippen LogP contribution in [0.3, 0.4) is 0 Å². The van der Waals surface area contributed by atoms with E-state index in [0.29, 0.717) is 0 Å². The van der Waals surface area contributed by atoms with E-state index in [9.17, 15) is 0 Å². The first-order chi connectivity index (χ1) is 5.55. The first-order valence-electron chi connectivity index (χ1n) is 3.87. The second kappa shape index (κ2) is 3.20. The molecule has 0 radical (unpaired) electrons. The monoisotopic (exact) mass is 169 g/mol. The van der Waals surface area contributed by atoms with Crippen molar-refractivity contribution in [2.75, 3.05) is 0 Å². The molecule has 68 valence electrons. The molecule has 5 nitrogen and oxygen atoms in total. The van der Waals surface area contributed by atoms with Crippen LogP contribution in [0.2, 0.25) is 0 Å². The molecule has 0 spiro atoms. The van der Waals surface area contributed by atoms with Crippen LogP contribution in [0.5, 0.6) is 0 Å². The van der Waals surface area contributed by atoms with Crippen molar-refractivity contribution in [1.82, 2.24) is 20.6 Å². The Morgan fingerprint density at radius 1 is 1.58 bits per heavy atom. The van der Waals surface area contributed by atoms with E-state index in [1.54, 1.807) is 0 Å². The van der Waals surface area contributed by atoms with Gasteiger partial charge in [0.05, 0.1) is 6.04 Å². The van der Waals surface area contributed by atoms with Gasteiger partial charge >= 0.3 is 0 Å². The Morgan fingerprint density at radius 2 is 2.25 bits per heavy atom. The topological polar surface area (TPSA) is 79.6 Å². The maximum atomic E-state index is 5.41. The number of nitrogens with one attached hydrogen (secondary N) is 2. The molecule has 0 aromatic carbocycles. The molecule has 0 amide bonds. The number of nitrogens with zero attached hydrogens (tertiary/aromatic N) is 2. The highest BCUT2D eigenvalue weighted by atomic mass is 15.3. The van der Waals surface area contributed by atoms with Crippen LogP contribution in [0.15, 0.2) is 6.33 Å².